The van der Waals surface area contributed by atoms with E-state index in [4.69, 9.17) is 11.6 Å². The largest absolute Gasteiger partial charge is 0.294 e. The molecule has 0 N–H and O–H groups in total. The van der Waals surface area contributed by atoms with Gasteiger partial charge in [0.2, 0.25) is 0 Å². The molecule has 0 atom stereocenters. The quantitative estimate of drug-likeness (QED) is 0.592. The van der Waals surface area contributed by atoms with E-state index in [9.17, 15) is 13.6 Å². The van der Waals surface area contributed by atoms with Crippen LogP contribution in [0.15, 0.2) is 6.07 Å². The van der Waals surface area contributed by atoms with Crippen molar-refractivity contribution in [1.82, 2.24) is 0 Å². The van der Waals surface area contributed by atoms with E-state index in [0.717, 1.165) is 6.07 Å². The smallest absolute Gasteiger partial charge is 0.178 e. The van der Waals surface area contributed by atoms with E-state index in [2.05, 4.69) is 0 Å². The van der Waals surface area contributed by atoms with Crippen LogP contribution in [-0.4, -0.2) is 5.78 Å². The van der Waals surface area contributed by atoms with Gasteiger partial charge in [-0.1, -0.05) is 11.6 Å². The third-order valence-electron chi connectivity index (χ3n) is 2.14. The van der Waals surface area contributed by atoms with Crippen LogP contribution in [0.4, 0.5) is 8.78 Å². The molecular formula is C9H5ClF2O. The Bertz CT molecular complexity index is 401. The molecule has 1 aromatic carbocycles. The minimum atomic E-state index is -1.13. The summed E-state index contributed by atoms with van der Waals surface area (Å²) in [5.74, 6) is -2.33. The predicted molar refractivity (Wildman–Crippen MR) is 44.0 cm³/mol. The van der Waals surface area contributed by atoms with Crippen molar-refractivity contribution in [1.29, 1.82) is 0 Å². The lowest BCUT2D eigenvalue weighted by Crippen LogP contribution is -1.97. The van der Waals surface area contributed by atoms with Crippen LogP contribution in [0.25, 0.3) is 0 Å². The van der Waals surface area contributed by atoms with Crippen LogP contribution >= 0.6 is 11.6 Å². The van der Waals surface area contributed by atoms with Gasteiger partial charge in [-0.3, -0.25) is 4.79 Å². The van der Waals surface area contributed by atoms with Gasteiger partial charge in [0.15, 0.2) is 17.4 Å². The second-order valence-corrected chi connectivity index (χ2v) is 3.32. The van der Waals surface area contributed by atoms with Gasteiger partial charge in [-0.2, -0.15) is 0 Å². The van der Waals surface area contributed by atoms with Crippen molar-refractivity contribution in [2.75, 3.05) is 0 Å². The number of carbonyl (C=O) groups is 1. The summed E-state index contributed by atoms with van der Waals surface area (Å²) >= 11 is 5.50. The van der Waals surface area contributed by atoms with E-state index in [-0.39, 0.29) is 22.8 Å². The van der Waals surface area contributed by atoms with Gasteiger partial charge >= 0.3 is 0 Å². The number of Topliss-reactive ketones (excluding diaryl/α,β-unsaturated/α-hetero) is 1. The molecule has 1 aromatic rings. The summed E-state index contributed by atoms with van der Waals surface area (Å²) in [6.45, 7) is 0. The molecule has 13 heavy (non-hydrogen) atoms. The molecule has 1 aliphatic carbocycles. The molecule has 0 amide bonds. The summed E-state index contributed by atoms with van der Waals surface area (Å²) in [5, 5.41) is -0.377. The van der Waals surface area contributed by atoms with Gasteiger partial charge in [-0.25, -0.2) is 8.78 Å². The lowest BCUT2D eigenvalue weighted by molar-refractivity contribution is 0.0994. The SMILES string of the molecule is O=C1CCc2cc(F)c(F)c(Cl)c21. The van der Waals surface area contributed by atoms with Crippen molar-refractivity contribution in [3.8, 4) is 0 Å². The molecule has 0 radical (unpaired) electrons. The zero-order valence-electron chi connectivity index (χ0n) is 6.53. The van der Waals surface area contributed by atoms with Crippen LogP contribution < -0.4 is 0 Å². The summed E-state index contributed by atoms with van der Waals surface area (Å²) < 4.78 is 25.7. The van der Waals surface area contributed by atoms with Crippen molar-refractivity contribution in [3.63, 3.8) is 0 Å². The zero-order chi connectivity index (χ0) is 9.59. The Morgan fingerprint density at radius 2 is 2.00 bits per heavy atom. The Morgan fingerprint density at radius 1 is 1.31 bits per heavy atom. The topological polar surface area (TPSA) is 17.1 Å². The van der Waals surface area contributed by atoms with Crippen molar-refractivity contribution in [2.24, 2.45) is 0 Å². The number of ketones is 1. The molecule has 0 bridgehead atoms. The highest BCUT2D eigenvalue weighted by molar-refractivity contribution is 6.34. The van der Waals surface area contributed by atoms with E-state index < -0.39 is 11.6 Å². The number of fused-ring (bicyclic) bond motifs is 1. The molecule has 0 spiro atoms. The van der Waals surface area contributed by atoms with Crippen molar-refractivity contribution in [2.45, 2.75) is 12.8 Å². The van der Waals surface area contributed by atoms with Crippen LogP contribution in [-0.2, 0) is 6.42 Å². The van der Waals surface area contributed by atoms with E-state index in [1.807, 2.05) is 0 Å². The Labute approximate surface area is 78.3 Å². The maximum Gasteiger partial charge on any atom is 0.178 e. The fourth-order valence-corrected chi connectivity index (χ4v) is 1.83. The van der Waals surface area contributed by atoms with Crippen LogP contribution in [0, 0.1) is 11.6 Å². The Kier molecular flexibility index (Phi) is 1.84. The first-order valence-electron chi connectivity index (χ1n) is 3.81. The third-order valence-corrected chi connectivity index (χ3v) is 2.50. The van der Waals surface area contributed by atoms with Crippen molar-refractivity contribution < 1.29 is 13.6 Å². The number of halogens is 3. The highest BCUT2D eigenvalue weighted by atomic mass is 35.5. The molecule has 0 aliphatic heterocycles. The Morgan fingerprint density at radius 3 is 2.69 bits per heavy atom. The molecule has 0 heterocycles. The second-order valence-electron chi connectivity index (χ2n) is 2.94. The van der Waals surface area contributed by atoms with Gasteiger partial charge in [0.05, 0.1) is 5.02 Å². The molecule has 1 aliphatic rings. The number of hydrogen-bond donors (Lipinski definition) is 0. The second kappa shape index (κ2) is 2.77. The van der Waals surface area contributed by atoms with Crippen LogP contribution in [0.1, 0.15) is 22.3 Å². The molecule has 0 fully saturated rings. The van der Waals surface area contributed by atoms with E-state index in [0.29, 0.717) is 12.0 Å². The number of carbonyl (C=O) groups excluding carboxylic acids is 1. The predicted octanol–water partition coefficient (Wildman–Crippen LogP) is 2.75. The van der Waals surface area contributed by atoms with Gasteiger partial charge in [0.1, 0.15) is 0 Å². The van der Waals surface area contributed by atoms with E-state index in [1.165, 1.54) is 0 Å². The highest BCUT2D eigenvalue weighted by Gasteiger charge is 2.26. The molecular weight excluding hydrogens is 198 g/mol. The average Bonchev–Trinajstić information content (AvgIpc) is 2.43. The van der Waals surface area contributed by atoms with E-state index in [1.54, 1.807) is 0 Å². The van der Waals surface area contributed by atoms with Gasteiger partial charge < -0.3 is 0 Å². The van der Waals surface area contributed by atoms with Crippen LogP contribution in [0.3, 0.4) is 0 Å². The minimum absolute atomic E-state index is 0.153. The maximum absolute atomic E-state index is 12.9. The summed E-state index contributed by atoms with van der Waals surface area (Å²) in [6.07, 6.45) is 0.739. The number of benzene rings is 1. The Balaban J connectivity index is 2.75. The molecule has 1 nitrogen and oxygen atoms in total. The number of aryl methyl sites for hydroxylation is 1. The molecule has 0 saturated carbocycles. The standard InChI is InChI=1S/C9H5ClF2O/c10-8-7-4(1-2-6(7)13)3-5(11)9(8)12/h3H,1-2H2. The molecule has 2 rings (SSSR count). The average molecular weight is 203 g/mol. The first-order valence-corrected chi connectivity index (χ1v) is 4.18. The summed E-state index contributed by atoms with van der Waals surface area (Å²) in [5.41, 5.74) is 0.662. The highest BCUT2D eigenvalue weighted by Crippen LogP contribution is 2.32. The molecule has 68 valence electrons. The molecule has 4 heteroatoms. The van der Waals surface area contributed by atoms with Gasteiger partial charge in [0.25, 0.3) is 0 Å². The number of rotatable bonds is 0. The lowest BCUT2D eigenvalue weighted by Gasteiger charge is -2.02. The summed E-state index contributed by atoms with van der Waals surface area (Å²) in [4.78, 5) is 11.2. The zero-order valence-corrected chi connectivity index (χ0v) is 7.29. The molecule has 0 saturated heterocycles. The van der Waals surface area contributed by atoms with Crippen molar-refractivity contribution in [3.05, 3.63) is 33.9 Å². The first kappa shape index (κ1) is 8.63. The van der Waals surface area contributed by atoms with Gasteiger partial charge in [0, 0.05) is 12.0 Å². The third kappa shape index (κ3) is 1.15. The normalized spacial score (nSPS) is 14.8. The van der Waals surface area contributed by atoms with E-state index >= 15 is 0 Å². The Hall–Kier alpha value is -0.960. The first-order chi connectivity index (χ1) is 6.11. The monoisotopic (exact) mass is 202 g/mol. The molecule has 0 unspecified atom stereocenters. The molecule has 0 aromatic heterocycles. The lowest BCUT2D eigenvalue weighted by atomic mass is 10.1. The summed E-state index contributed by atoms with van der Waals surface area (Å²) in [7, 11) is 0. The van der Waals surface area contributed by atoms with Gasteiger partial charge in [-0.05, 0) is 18.1 Å². The van der Waals surface area contributed by atoms with Crippen molar-refractivity contribution >= 4 is 17.4 Å². The summed E-state index contributed by atoms with van der Waals surface area (Å²) in [6, 6.07) is 1.04. The maximum atomic E-state index is 12.9. The fraction of sp³-hybridized carbons (Fsp3) is 0.222. The van der Waals surface area contributed by atoms with Gasteiger partial charge in [-0.15, -0.1) is 0 Å². The fourth-order valence-electron chi connectivity index (χ4n) is 1.52. The van der Waals surface area contributed by atoms with Crippen LogP contribution in [0.2, 0.25) is 5.02 Å². The minimum Gasteiger partial charge on any atom is -0.294 e. The van der Waals surface area contributed by atoms with Crippen LogP contribution in [0.5, 0.6) is 0 Å². The number of hydrogen-bond acceptors (Lipinski definition) is 1.